The number of rotatable bonds is 6. The van der Waals surface area contributed by atoms with E-state index in [4.69, 9.17) is 0 Å². The van der Waals surface area contributed by atoms with Crippen molar-refractivity contribution < 1.29 is 9.90 Å². The summed E-state index contributed by atoms with van der Waals surface area (Å²) in [5.41, 5.74) is 7.21. The van der Waals surface area contributed by atoms with E-state index in [2.05, 4.69) is 72.8 Å². The first-order valence-corrected chi connectivity index (χ1v) is 16.0. The van der Waals surface area contributed by atoms with Gasteiger partial charge in [0, 0.05) is 33.6 Å². The lowest BCUT2D eigenvalue weighted by molar-refractivity contribution is -0.113. The third-order valence-electron chi connectivity index (χ3n) is 7.53. The average Bonchev–Trinajstić information content (AvgIpc) is 3.10. The SMILES string of the molecule is O=C1C(=Cc2cc(-c3ccccc3)cc(-c3ccccc3)[s+]2)C(O)=C1C=C1C=C(c2ccccc2)C=C(c2ccccc2)S1. The Hall–Kier alpha value is -5.03. The van der Waals surface area contributed by atoms with Crippen molar-refractivity contribution in [3.63, 3.8) is 0 Å². The normalized spacial score (nSPS) is 16.5. The van der Waals surface area contributed by atoms with Gasteiger partial charge in [0.05, 0.1) is 11.1 Å². The first kappa shape index (κ1) is 27.8. The highest BCUT2D eigenvalue weighted by Crippen LogP contribution is 2.44. The lowest BCUT2D eigenvalue weighted by atomic mass is 9.87. The van der Waals surface area contributed by atoms with Crippen molar-refractivity contribution in [1.82, 2.24) is 0 Å². The Morgan fingerprint density at radius 3 is 1.77 bits per heavy atom. The molecule has 2 aliphatic rings. The van der Waals surface area contributed by atoms with Crippen molar-refractivity contribution in [2.75, 3.05) is 0 Å². The van der Waals surface area contributed by atoms with Gasteiger partial charge in [0.1, 0.15) is 5.76 Å². The molecule has 0 amide bonds. The van der Waals surface area contributed by atoms with Crippen molar-refractivity contribution in [2.45, 2.75) is 0 Å². The predicted molar refractivity (Wildman–Crippen MR) is 187 cm³/mol. The molecule has 0 saturated carbocycles. The number of aliphatic hydroxyl groups excluding tert-OH is 1. The van der Waals surface area contributed by atoms with Gasteiger partial charge in [0.15, 0.2) is 0 Å². The molecule has 0 fully saturated rings. The molecule has 2 nitrogen and oxygen atoms in total. The van der Waals surface area contributed by atoms with Crippen LogP contribution in [-0.2, 0) is 4.79 Å². The minimum atomic E-state index is -0.153. The van der Waals surface area contributed by atoms with Gasteiger partial charge < -0.3 is 5.11 Å². The van der Waals surface area contributed by atoms with Crippen molar-refractivity contribution >= 4 is 45.4 Å². The Kier molecular flexibility index (Phi) is 7.76. The zero-order chi connectivity index (χ0) is 29.9. The Labute approximate surface area is 265 Å². The summed E-state index contributed by atoms with van der Waals surface area (Å²) in [7, 11) is 0. The van der Waals surface area contributed by atoms with Crippen LogP contribution in [0.3, 0.4) is 0 Å². The van der Waals surface area contributed by atoms with Crippen LogP contribution >= 0.6 is 23.1 Å². The van der Waals surface area contributed by atoms with E-state index in [1.54, 1.807) is 23.1 Å². The lowest BCUT2D eigenvalue weighted by Crippen LogP contribution is -2.21. The zero-order valence-electron chi connectivity index (χ0n) is 23.7. The van der Waals surface area contributed by atoms with Crippen LogP contribution in [0.1, 0.15) is 16.0 Å². The van der Waals surface area contributed by atoms with E-state index in [9.17, 15) is 9.90 Å². The Balaban J connectivity index is 1.26. The fourth-order valence-corrected chi connectivity index (χ4v) is 7.38. The molecule has 0 atom stereocenters. The number of carbonyl (C=O) groups is 1. The molecule has 2 heterocycles. The fraction of sp³-hybridized carbons (Fsp3) is 0. The largest absolute Gasteiger partial charge is 0.506 e. The number of hydrogen-bond acceptors (Lipinski definition) is 3. The first-order chi connectivity index (χ1) is 21.6. The second-order valence-electron chi connectivity index (χ2n) is 10.5. The quantitative estimate of drug-likeness (QED) is 0.155. The van der Waals surface area contributed by atoms with Gasteiger partial charge in [-0.1, -0.05) is 121 Å². The highest BCUT2D eigenvalue weighted by Gasteiger charge is 2.34. The van der Waals surface area contributed by atoms with E-state index in [1.807, 2.05) is 84.9 Å². The van der Waals surface area contributed by atoms with Crippen LogP contribution in [-0.4, -0.2) is 10.9 Å². The molecule has 210 valence electrons. The summed E-state index contributed by atoms with van der Waals surface area (Å²) >= 11 is 3.20. The molecule has 4 aromatic carbocycles. The second-order valence-corrected chi connectivity index (χ2v) is 12.7. The Morgan fingerprint density at radius 2 is 1.16 bits per heavy atom. The Bertz CT molecular complexity index is 1960. The number of carbonyl (C=O) groups excluding carboxylic acids is 1. The van der Waals surface area contributed by atoms with Crippen LogP contribution < -0.4 is 0 Å². The lowest BCUT2D eigenvalue weighted by Gasteiger charge is -2.21. The maximum atomic E-state index is 13.5. The van der Waals surface area contributed by atoms with Gasteiger partial charge in [-0.25, -0.2) is 0 Å². The summed E-state index contributed by atoms with van der Waals surface area (Å²) in [6.07, 6.45) is 7.90. The average molecular weight is 604 g/mol. The van der Waals surface area contributed by atoms with Crippen molar-refractivity contribution in [3.8, 4) is 21.6 Å². The van der Waals surface area contributed by atoms with Gasteiger partial charge in [0.2, 0.25) is 26.9 Å². The van der Waals surface area contributed by atoms with Crippen LogP contribution in [0.5, 0.6) is 0 Å². The molecule has 1 N–H and O–H groups in total. The number of aliphatic hydroxyl groups is 1. The second kappa shape index (κ2) is 12.3. The number of ketones is 1. The van der Waals surface area contributed by atoms with Crippen molar-refractivity contribution in [2.24, 2.45) is 0 Å². The van der Waals surface area contributed by atoms with E-state index in [1.165, 1.54) is 0 Å². The molecule has 0 radical (unpaired) electrons. The van der Waals surface area contributed by atoms with Crippen LogP contribution in [0.4, 0.5) is 0 Å². The van der Waals surface area contributed by atoms with Gasteiger partial charge in [-0.05, 0) is 58.2 Å². The summed E-state index contributed by atoms with van der Waals surface area (Å²) in [4.78, 5) is 17.5. The van der Waals surface area contributed by atoms with Crippen LogP contribution in [0.15, 0.2) is 173 Å². The number of thioether (sulfide) groups is 1. The summed E-state index contributed by atoms with van der Waals surface area (Å²) in [6, 6.07) is 45.2. The summed E-state index contributed by atoms with van der Waals surface area (Å²) in [5, 5.41) is 11.2. The first-order valence-electron chi connectivity index (χ1n) is 14.4. The summed E-state index contributed by atoms with van der Waals surface area (Å²) in [5.74, 6) is -0.119. The molecule has 0 spiro atoms. The van der Waals surface area contributed by atoms with Crippen molar-refractivity contribution in [3.05, 3.63) is 190 Å². The van der Waals surface area contributed by atoms with Gasteiger partial charge >= 0.3 is 0 Å². The van der Waals surface area contributed by atoms with Crippen molar-refractivity contribution in [1.29, 1.82) is 0 Å². The molecule has 1 aromatic heterocycles. The molecule has 0 unspecified atom stereocenters. The number of benzene rings is 4. The Morgan fingerprint density at radius 1 is 0.591 bits per heavy atom. The van der Waals surface area contributed by atoms with E-state index in [-0.39, 0.29) is 11.5 Å². The minimum absolute atomic E-state index is 0.0344. The predicted octanol–water partition coefficient (Wildman–Crippen LogP) is 10.9. The molecule has 0 saturated heterocycles. The zero-order valence-corrected chi connectivity index (χ0v) is 25.3. The number of allylic oxidation sites excluding steroid dienone is 6. The number of hydrogen-bond donors (Lipinski definition) is 1. The van der Waals surface area contributed by atoms with Gasteiger partial charge in [0.25, 0.3) is 0 Å². The van der Waals surface area contributed by atoms with E-state index >= 15 is 0 Å². The standard InChI is InChI=1S/C40H26O2S2/c41-39-35(25-33-21-31(27-13-5-1-6-14-27)23-37(43-33)29-17-9-3-10-18-29)40(42)36(39)26-34-22-32(28-15-7-2-8-16-28)24-38(44-34)30-19-11-4-12-20-30/h1-26H/p+1. The minimum Gasteiger partial charge on any atom is -0.506 e. The maximum Gasteiger partial charge on any atom is 0.239 e. The van der Waals surface area contributed by atoms with Crippen LogP contribution in [0.25, 0.3) is 38.1 Å². The molecule has 1 aliphatic heterocycles. The molecular weight excluding hydrogens is 577 g/mol. The third kappa shape index (κ3) is 5.78. The van der Waals surface area contributed by atoms with Crippen LogP contribution in [0.2, 0.25) is 0 Å². The monoisotopic (exact) mass is 603 g/mol. The molecule has 4 heteroatoms. The molecule has 1 aliphatic carbocycles. The molecule has 44 heavy (non-hydrogen) atoms. The molecular formula is C40H27O2S2+. The van der Waals surface area contributed by atoms with E-state index < -0.39 is 0 Å². The van der Waals surface area contributed by atoms with Gasteiger partial charge in [-0.3, -0.25) is 4.79 Å². The molecule has 0 bridgehead atoms. The fourth-order valence-electron chi connectivity index (χ4n) is 5.27. The van der Waals surface area contributed by atoms with E-state index in [0.29, 0.717) is 11.1 Å². The maximum absolute atomic E-state index is 13.5. The highest BCUT2D eigenvalue weighted by atomic mass is 32.2. The highest BCUT2D eigenvalue weighted by molar-refractivity contribution is 8.12. The van der Waals surface area contributed by atoms with Crippen LogP contribution in [0, 0.1) is 0 Å². The smallest absolute Gasteiger partial charge is 0.239 e. The summed E-state index contributed by atoms with van der Waals surface area (Å²) < 4.78 is 0. The molecule has 7 rings (SSSR count). The van der Waals surface area contributed by atoms with Gasteiger partial charge in [-0.15, -0.1) is 0 Å². The topological polar surface area (TPSA) is 37.3 Å². The number of Topliss-reactive ketones (excluding diaryl/α,β-unsaturated/α-hetero) is 1. The van der Waals surface area contributed by atoms with E-state index in [0.717, 1.165) is 53.0 Å². The molecule has 5 aromatic rings. The summed E-state index contributed by atoms with van der Waals surface area (Å²) in [6.45, 7) is 0. The van der Waals surface area contributed by atoms with Gasteiger partial charge in [-0.2, -0.15) is 0 Å². The third-order valence-corrected chi connectivity index (χ3v) is 9.62.